The lowest BCUT2D eigenvalue weighted by molar-refractivity contribution is 0.742. The van der Waals surface area contributed by atoms with E-state index >= 15 is 0 Å². The van der Waals surface area contributed by atoms with Gasteiger partial charge in [-0.3, -0.25) is 9.36 Å². The Morgan fingerprint density at radius 1 is 0.968 bits per heavy atom. The quantitative estimate of drug-likeness (QED) is 0.422. The number of aromatic nitrogens is 1. The molecule has 0 aliphatic heterocycles. The average Bonchev–Trinajstić information content (AvgIpc) is 2.80. The summed E-state index contributed by atoms with van der Waals surface area (Å²) in [4.78, 5) is 13.7. The van der Waals surface area contributed by atoms with Gasteiger partial charge >= 0.3 is 0 Å². The topological polar surface area (TPSA) is 57.8 Å². The van der Waals surface area contributed by atoms with E-state index < -0.39 is 0 Å². The van der Waals surface area contributed by atoms with Crippen LogP contribution in [0.4, 0.5) is 5.69 Å². The van der Waals surface area contributed by atoms with Crippen molar-refractivity contribution in [2.75, 3.05) is 11.9 Å². The molecule has 1 N–H and O–H groups in total. The predicted molar refractivity (Wildman–Crippen MR) is 129 cm³/mol. The van der Waals surface area contributed by atoms with Gasteiger partial charge in [0.1, 0.15) is 5.69 Å². The van der Waals surface area contributed by atoms with Crippen molar-refractivity contribution in [1.82, 2.24) is 4.57 Å². The van der Waals surface area contributed by atoms with Gasteiger partial charge in [-0.25, -0.2) is 0 Å². The Kier molecular flexibility index (Phi) is 7.67. The summed E-state index contributed by atoms with van der Waals surface area (Å²) in [6, 6.07) is 19.9. The van der Waals surface area contributed by atoms with Gasteiger partial charge in [0.2, 0.25) is 0 Å². The molecule has 0 unspecified atom stereocenters. The first-order valence-corrected chi connectivity index (χ1v) is 11.2. The van der Waals surface area contributed by atoms with Crippen LogP contribution in [0.15, 0.2) is 59.4 Å². The van der Waals surface area contributed by atoms with Gasteiger partial charge in [0.15, 0.2) is 0 Å². The number of pyridine rings is 1. The number of nitrogens with zero attached hydrogens (tertiary/aromatic N) is 2. The molecule has 2 aromatic carbocycles. The monoisotopic (exact) mass is 413 g/mol. The Labute approximate surface area is 185 Å². The molecule has 0 radical (unpaired) electrons. The molecule has 4 heteroatoms. The van der Waals surface area contributed by atoms with Crippen LogP contribution in [-0.2, 0) is 6.42 Å². The lowest BCUT2D eigenvalue weighted by Crippen LogP contribution is -2.27. The van der Waals surface area contributed by atoms with Crippen molar-refractivity contribution in [3.8, 4) is 22.9 Å². The Morgan fingerprint density at radius 2 is 1.65 bits per heavy atom. The predicted octanol–water partition coefficient (Wildman–Crippen LogP) is 6.24. The van der Waals surface area contributed by atoms with E-state index in [2.05, 4.69) is 31.3 Å². The number of rotatable bonds is 9. The van der Waals surface area contributed by atoms with Crippen molar-refractivity contribution < 1.29 is 0 Å². The van der Waals surface area contributed by atoms with E-state index in [4.69, 9.17) is 0 Å². The third kappa shape index (κ3) is 4.88. The maximum Gasteiger partial charge on any atom is 0.278 e. The van der Waals surface area contributed by atoms with E-state index in [1.165, 1.54) is 0 Å². The Bertz CT molecular complexity index is 1140. The third-order valence-corrected chi connectivity index (χ3v) is 5.58. The van der Waals surface area contributed by atoms with Crippen LogP contribution in [-0.4, -0.2) is 11.1 Å². The van der Waals surface area contributed by atoms with Crippen LogP contribution >= 0.6 is 0 Å². The molecule has 0 bridgehead atoms. The number of unbranched alkanes of at least 4 members (excludes halogenated alkanes) is 2. The number of hydrogen-bond donors (Lipinski definition) is 1. The Morgan fingerprint density at radius 3 is 2.35 bits per heavy atom. The van der Waals surface area contributed by atoms with Crippen LogP contribution in [0.1, 0.15) is 56.4 Å². The van der Waals surface area contributed by atoms with Crippen molar-refractivity contribution in [2.24, 2.45) is 0 Å². The number of anilines is 1. The van der Waals surface area contributed by atoms with Gasteiger partial charge in [0.25, 0.3) is 5.56 Å². The van der Waals surface area contributed by atoms with Crippen LogP contribution in [0.3, 0.4) is 0 Å². The average molecular weight is 414 g/mol. The zero-order valence-electron chi connectivity index (χ0n) is 18.7. The summed E-state index contributed by atoms with van der Waals surface area (Å²) in [5.41, 5.74) is 5.79. The second-order valence-corrected chi connectivity index (χ2v) is 7.89. The summed E-state index contributed by atoms with van der Waals surface area (Å²) in [6.07, 6.45) is 4.99. The summed E-state index contributed by atoms with van der Waals surface area (Å²) in [6.45, 7) is 7.09. The Hall–Kier alpha value is -3.32. The third-order valence-electron chi connectivity index (χ3n) is 5.58. The molecule has 0 amide bonds. The first-order chi connectivity index (χ1) is 15.1. The van der Waals surface area contributed by atoms with E-state index in [0.29, 0.717) is 11.3 Å². The van der Waals surface area contributed by atoms with Gasteiger partial charge in [-0.2, -0.15) is 5.26 Å². The minimum Gasteiger partial charge on any atom is -0.380 e. The zero-order valence-corrected chi connectivity index (χ0v) is 18.7. The van der Waals surface area contributed by atoms with E-state index in [1.807, 2.05) is 60.0 Å². The van der Waals surface area contributed by atoms with E-state index in [0.717, 1.165) is 66.7 Å². The normalized spacial score (nSPS) is 10.6. The second kappa shape index (κ2) is 10.6. The summed E-state index contributed by atoms with van der Waals surface area (Å²) in [5, 5.41) is 13.0. The maximum absolute atomic E-state index is 13.7. The number of para-hydroxylation sites is 1. The molecule has 3 rings (SSSR count). The molecule has 4 nitrogen and oxygen atoms in total. The summed E-state index contributed by atoms with van der Waals surface area (Å²) in [7, 11) is 0. The first kappa shape index (κ1) is 22.4. The molecule has 0 saturated heterocycles. The second-order valence-electron chi connectivity index (χ2n) is 7.89. The molecule has 31 heavy (non-hydrogen) atoms. The number of benzene rings is 2. The van der Waals surface area contributed by atoms with Crippen LogP contribution < -0.4 is 10.9 Å². The van der Waals surface area contributed by atoms with Gasteiger partial charge in [-0.15, -0.1) is 0 Å². The molecular formula is C27H31N3O. The largest absolute Gasteiger partial charge is 0.380 e. The highest BCUT2D eigenvalue weighted by atomic mass is 16.1. The molecule has 0 spiro atoms. The van der Waals surface area contributed by atoms with Gasteiger partial charge in [-0.1, -0.05) is 63.1 Å². The van der Waals surface area contributed by atoms with E-state index in [9.17, 15) is 10.1 Å². The number of hydrogen-bond acceptors (Lipinski definition) is 3. The molecule has 1 heterocycles. The fourth-order valence-electron chi connectivity index (χ4n) is 3.92. The molecule has 0 atom stereocenters. The molecular weight excluding hydrogens is 382 g/mol. The molecule has 0 aliphatic carbocycles. The lowest BCUT2D eigenvalue weighted by atomic mass is 9.98. The van der Waals surface area contributed by atoms with Crippen molar-refractivity contribution in [1.29, 1.82) is 5.26 Å². The molecule has 0 fully saturated rings. The zero-order chi connectivity index (χ0) is 22.2. The van der Waals surface area contributed by atoms with Gasteiger partial charge in [0, 0.05) is 23.4 Å². The molecule has 160 valence electrons. The van der Waals surface area contributed by atoms with Crippen LogP contribution in [0.5, 0.6) is 0 Å². The summed E-state index contributed by atoms with van der Waals surface area (Å²) < 4.78 is 1.85. The number of nitriles is 1. The fourth-order valence-corrected chi connectivity index (χ4v) is 3.92. The first-order valence-electron chi connectivity index (χ1n) is 11.2. The van der Waals surface area contributed by atoms with Gasteiger partial charge < -0.3 is 5.32 Å². The van der Waals surface area contributed by atoms with E-state index in [1.54, 1.807) is 0 Å². The highest BCUT2D eigenvalue weighted by Gasteiger charge is 2.17. The summed E-state index contributed by atoms with van der Waals surface area (Å²) in [5.74, 6) is 0. The van der Waals surface area contributed by atoms with Crippen molar-refractivity contribution in [3.63, 3.8) is 0 Å². The van der Waals surface area contributed by atoms with Crippen molar-refractivity contribution in [2.45, 2.75) is 52.9 Å². The number of aryl methyl sites for hydroxylation is 2. The fraction of sp³-hybridized carbons (Fsp3) is 0.333. The molecule has 3 aromatic rings. The lowest BCUT2D eigenvalue weighted by Gasteiger charge is -2.20. The van der Waals surface area contributed by atoms with E-state index in [-0.39, 0.29) is 5.56 Å². The minimum atomic E-state index is -0.0240. The minimum absolute atomic E-state index is 0.0240. The smallest absolute Gasteiger partial charge is 0.278 e. The van der Waals surface area contributed by atoms with Crippen LogP contribution in [0, 0.1) is 18.3 Å². The highest BCUT2D eigenvalue weighted by molar-refractivity contribution is 5.78. The maximum atomic E-state index is 13.7. The van der Waals surface area contributed by atoms with Crippen molar-refractivity contribution in [3.05, 3.63) is 81.8 Å². The van der Waals surface area contributed by atoms with Crippen LogP contribution in [0.2, 0.25) is 0 Å². The molecule has 0 aliphatic rings. The summed E-state index contributed by atoms with van der Waals surface area (Å²) >= 11 is 0. The van der Waals surface area contributed by atoms with Crippen molar-refractivity contribution >= 4 is 5.69 Å². The van der Waals surface area contributed by atoms with Crippen LogP contribution in [0.25, 0.3) is 16.8 Å². The SMILES string of the molecule is CCCCNc1c(C)cc(CCCC)n(-c2ccccc2-c2ccccc2C#N)c1=O. The number of nitrogens with one attached hydrogen (secondary N) is 1. The Balaban J connectivity index is 2.25. The van der Waals surface area contributed by atoms with Gasteiger partial charge in [-0.05, 0) is 49.9 Å². The van der Waals surface area contributed by atoms with Gasteiger partial charge in [0.05, 0.1) is 17.3 Å². The highest BCUT2D eigenvalue weighted by Crippen LogP contribution is 2.30. The standard InChI is InChI=1S/C27H31N3O/c1-4-6-13-22-18-20(3)26(29-17-7-5-2)27(31)30(22)25-16-11-10-15-24(25)23-14-9-8-12-21(23)19-28/h8-12,14-16,18,29H,4-7,13,17H2,1-3H3. The molecule has 0 saturated carbocycles. The molecule has 1 aromatic heterocycles.